The summed E-state index contributed by atoms with van der Waals surface area (Å²) in [6, 6.07) is 8.47. The molecule has 0 radical (unpaired) electrons. The highest BCUT2D eigenvalue weighted by Gasteiger charge is 2.34. The van der Waals surface area contributed by atoms with Crippen molar-refractivity contribution in [3.05, 3.63) is 63.5 Å². The van der Waals surface area contributed by atoms with Gasteiger partial charge in [0.15, 0.2) is 11.5 Å². The van der Waals surface area contributed by atoms with Gasteiger partial charge in [0.25, 0.3) is 5.91 Å². The van der Waals surface area contributed by atoms with E-state index in [1.807, 2.05) is 0 Å². The molecule has 0 spiro atoms. The van der Waals surface area contributed by atoms with Crippen LogP contribution in [0.4, 0.5) is 9.18 Å². The van der Waals surface area contributed by atoms with E-state index in [1.54, 1.807) is 25.1 Å². The van der Waals surface area contributed by atoms with Crippen molar-refractivity contribution in [2.24, 2.45) is 0 Å². The third-order valence-corrected chi connectivity index (χ3v) is 4.51. The molecule has 1 aliphatic heterocycles. The topological polar surface area (TPSA) is 78.9 Å². The van der Waals surface area contributed by atoms with Crippen molar-refractivity contribution in [2.45, 2.75) is 13.5 Å². The predicted molar refractivity (Wildman–Crippen MR) is 100 cm³/mol. The molecule has 2 aromatic rings. The first-order valence-electron chi connectivity index (χ1n) is 8.14. The van der Waals surface area contributed by atoms with Crippen LogP contribution in [0.3, 0.4) is 0 Å². The van der Waals surface area contributed by atoms with Crippen LogP contribution in [0.2, 0.25) is 0 Å². The maximum atomic E-state index is 13.8. The van der Waals surface area contributed by atoms with Crippen LogP contribution in [0.1, 0.15) is 18.1 Å². The molecular weight excluding hydrogens is 419 g/mol. The maximum Gasteiger partial charge on any atom is 0.329 e. The molecule has 0 unspecified atom stereocenters. The van der Waals surface area contributed by atoms with Crippen molar-refractivity contribution < 1.29 is 23.8 Å². The van der Waals surface area contributed by atoms with Crippen LogP contribution < -0.4 is 10.1 Å². The number of urea groups is 1. The average Bonchev–Trinajstić information content (AvgIpc) is 2.88. The molecule has 1 fully saturated rings. The largest absolute Gasteiger partial charge is 0.503 e. The Morgan fingerprint density at radius 1 is 1.30 bits per heavy atom. The van der Waals surface area contributed by atoms with Gasteiger partial charge in [-0.3, -0.25) is 9.69 Å². The Morgan fingerprint density at radius 3 is 2.74 bits per heavy atom. The summed E-state index contributed by atoms with van der Waals surface area (Å²) in [5, 5.41) is 12.5. The van der Waals surface area contributed by atoms with Gasteiger partial charge in [0.1, 0.15) is 11.5 Å². The number of carbonyl (C=O) groups excluding carboxylic acids is 2. The van der Waals surface area contributed by atoms with Gasteiger partial charge in [0.05, 0.1) is 17.6 Å². The number of imide groups is 1. The molecule has 3 rings (SSSR count). The minimum Gasteiger partial charge on any atom is -0.503 e. The van der Waals surface area contributed by atoms with Crippen molar-refractivity contribution in [2.75, 3.05) is 6.61 Å². The summed E-state index contributed by atoms with van der Waals surface area (Å²) in [6.07, 6.45) is 1.47. The summed E-state index contributed by atoms with van der Waals surface area (Å²) in [7, 11) is 0. The first kappa shape index (κ1) is 18.9. The number of phenols is 1. The minimum absolute atomic E-state index is 0.0522. The fourth-order valence-electron chi connectivity index (χ4n) is 2.62. The van der Waals surface area contributed by atoms with Crippen LogP contribution in [0, 0.1) is 5.82 Å². The Morgan fingerprint density at radius 2 is 2.04 bits per heavy atom. The van der Waals surface area contributed by atoms with Crippen molar-refractivity contribution in [3.8, 4) is 11.5 Å². The molecule has 2 N–H and O–H groups in total. The second-order valence-electron chi connectivity index (χ2n) is 5.75. The van der Waals surface area contributed by atoms with Crippen LogP contribution in [0.25, 0.3) is 6.08 Å². The lowest BCUT2D eigenvalue weighted by atomic mass is 10.1. The van der Waals surface area contributed by atoms with Crippen LogP contribution in [0.15, 0.2) is 46.6 Å². The molecule has 27 heavy (non-hydrogen) atoms. The van der Waals surface area contributed by atoms with Crippen molar-refractivity contribution in [1.29, 1.82) is 0 Å². The first-order valence-corrected chi connectivity index (χ1v) is 8.93. The minimum atomic E-state index is -0.627. The normalized spacial score (nSPS) is 15.4. The molecule has 0 aliphatic carbocycles. The van der Waals surface area contributed by atoms with E-state index in [9.17, 15) is 19.1 Å². The van der Waals surface area contributed by atoms with E-state index in [-0.39, 0.29) is 29.3 Å². The molecule has 0 atom stereocenters. The lowest BCUT2D eigenvalue weighted by Gasteiger charge is -2.12. The number of carbonyl (C=O) groups is 2. The lowest BCUT2D eigenvalue weighted by Crippen LogP contribution is -2.30. The molecule has 2 aromatic carbocycles. The Balaban J connectivity index is 1.87. The summed E-state index contributed by atoms with van der Waals surface area (Å²) in [5.41, 5.74) is 0.837. The van der Waals surface area contributed by atoms with E-state index in [1.165, 1.54) is 24.3 Å². The SMILES string of the molecule is CCOc1cc(C=C2NC(=O)N(Cc3ccccc3F)C2=O)cc(Br)c1O. The van der Waals surface area contributed by atoms with Gasteiger partial charge in [-0.2, -0.15) is 0 Å². The van der Waals surface area contributed by atoms with Crippen LogP contribution >= 0.6 is 15.9 Å². The number of nitrogens with zero attached hydrogens (tertiary/aromatic N) is 1. The number of benzene rings is 2. The Hall–Kier alpha value is -2.87. The van der Waals surface area contributed by atoms with Gasteiger partial charge in [0, 0.05) is 5.56 Å². The number of halogens is 2. The monoisotopic (exact) mass is 434 g/mol. The average molecular weight is 435 g/mol. The Labute approximate surface area is 163 Å². The molecular formula is C19H16BrFN2O4. The van der Waals surface area contributed by atoms with E-state index < -0.39 is 17.8 Å². The van der Waals surface area contributed by atoms with Gasteiger partial charge in [-0.15, -0.1) is 0 Å². The van der Waals surface area contributed by atoms with Gasteiger partial charge < -0.3 is 15.2 Å². The summed E-state index contributed by atoms with van der Waals surface area (Å²) in [4.78, 5) is 25.6. The number of rotatable bonds is 5. The van der Waals surface area contributed by atoms with Gasteiger partial charge >= 0.3 is 6.03 Å². The highest BCUT2D eigenvalue weighted by atomic mass is 79.9. The van der Waals surface area contributed by atoms with Gasteiger partial charge in [-0.1, -0.05) is 18.2 Å². The van der Waals surface area contributed by atoms with Gasteiger partial charge in [0.2, 0.25) is 0 Å². The zero-order chi connectivity index (χ0) is 19.6. The molecule has 8 heteroatoms. The van der Waals surface area contributed by atoms with Crippen molar-refractivity contribution in [3.63, 3.8) is 0 Å². The zero-order valence-corrected chi connectivity index (χ0v) is 15.9. The quantitative estimate of drug-likeness (QED) is 0.554. The number of aromatic hydroxyl groups is 1. The molecule has 140 valence electrons. The molecule has 0 saturated carbocycles. The fourth-order valence-corrected chi connectivity index (χ4v) is 3.08. The summed E-state index contributed by atoms with van der Waals surface area (Å²) >= 11 is 3.22. The highest BCUT2D eigenvalue weighted by molar-refractivity contribution is 9.10. The number of amides is 3. The van der Waals surface area contributed by atoms with Crippen LogP contribution in [-0.4, -0.2) is 28.6 Å². The number of nitrogens with one attached hydrogen (secondary N) is 1. The van der Waals surface area contributed by atoms with Crippen molar-refractivity contribution in [1.82, 2.24) is 10.2 Å². The standard InChI is InChI=1S/C19H16BrFN2O4/c1-2-27-16-9-11(7-13(20)17(16)24)8-15-18(25)23(19(26)22-15)10-12-5-3-4-6-14(12)21/h3-9,24H,2,10H2,1H3,(H,22,26). The molecule has 6 nitrogen and oxygen atoms in total. The lowest BCUT2D eigenvalue weighted by molar-refractivity contribution is -0.123. The van der Waals surface area contributed by atoms with Gasteiger partial charge in [-0.05, 0) is 52.7 Å². The van der Waals surface area contributed by atoms with Gasteiger partial charge in [-0.25, -0.2) is 9.18 Å². The third kappa shape index (κ3) is 3.95. The number of hydrogen-bond donors (Lipinski definition) is 2. The fraction of sp³-hybridized carbons (Fsp3) is 0.158. The van der Waals surface area contributed by atoms with E-state index in [0.717, 1.165) is 4.90 Å². The Kier molecular flexibility index (Phi) is 5.46. The number of ether oxygens (including phenoxy) is 1. The first-order chi connectivity index (χ1) is 12.9. The second kappa shape index (κ2) is 7.79. The van der Waals surface area contributed by atoms with E-state index >= 15 is 0 Å². The molecule has 1 aliphatic rings. The summed E-state index contributed by atoms with van der Waals surface area (Å²) in [6.45, 7) is 1.96. The molecule has 1 heterocycles. The zero-order valence-electron chi connectivity index (χ0n) is 14.3. The molecule has 0 bridgehead atoms. The van der Waals surface area contributed by atoms with E-state index in [0.29, 0.717) is 16.6 Å². The van der Waals surface area contributed by atoms with E-state index in [2.05, 4.69) is 21.2 Å². The summed E-state index contributed by atoms with van der Waals surface area (Å²) in [5.74, 6) is -0.856. The van der Waals surface area contributed by atoms with E-state index in [4.69, 9.17) is 4.74 Å². The highest BCUT2D eigenvalue weighted by Crippen LogP contribution is 2.36. The van der Waals surface area contributed by atoms with Crippen LogP contribution in [-0.2, 0) is 11.3 Å². The maximum absolute atomic E-state index is 13.8. The molecule has 3 amide bonds. The Bertz CT molecular complexity index is 945. The summed E-state index contributed by atoms with van der Waals surface area (Å²) < 4.78 is 19.6. The predicted octanol–water partition coefficient (Wildman–Crippen LogP) is 3.79. The van der Waals surface area contributed by atoms with Crippen LogP contribution in [0.5, 0.6) is 11.5 Å². The number of phenolic OH excluding ortho intramolecular Hbond substituents is 1. The molecule has 0 aromatic heterocycles. The molecule has 1 saturated heterocycles. The second-order valence-corrected chi connectivity index (χ2v) is 6.61. The number of hydrogen-bond acceptors (Lipinski definition) is 4. The van der Waals surface area contributed by atoms with Crippen molar-refractivity contribution >= 4 is 33.9 Å². The third-order valence-electron chi connectivity index (χ3n) is 3.91. The smallest absolute Gasteiger partial charge is 0.329 e.